The van der Waals surface area contributed by atoms with Gasteiger partial charge in [-0.3, -0.25) is 13.8 Å². The number of phosphoric ester groups is 1. The lowest BCUT2D eigenvalue weighted by atomic mass is 9.46. The summed E-state index contributed by atoms with van der Waals surface area (Å²) < 4.78 is 31.6. The maximum absolute atomic E-state index is 13.5. The second-order valence-electron chi connectivity index (χ2n) is 21.7. The Morgan fingerprint density at radius 1 is 0.879 bits per heavy atom. The Kier molecular flexibility index (Phi) is 19.8. The molecule has 4 aliphatic rings. The number of rotatable bonds is 27. The standard InChI is InChI=1S/C49H90NO7P/c1-10-11-12-13-14-15-16-17-18-19-20-24-46(52)56-45(36-51)47(57-58(53,54)55-34-33-50(7,8)9)39-29-31-48(5)40(35-39)25-26-41-43-28-27-42(38(4)23-21-22-37(2)3)49(43,6)32-30-44(41)48/h25,37-39,41-45,47,51H,10-24,26-36H2,1-9H3/p+1/t38-,39?,41?,42-,43?,44?,45?,47?,48+,49-/m1/s1. The Labute approximate surface area is 356 Å². The number of esters is 1. The normalized spacial score (nSPS) is 31.1. The number of hydrogen-bond acceptors (Lipinski definition) is 6. The predicted molar refractivity (Wildman–Crippen MR) is 238 cm³/mol. The molecule has 3 saturated carbocycles. The number of quaternary nitrogens is 1. The molecule has 7 unspecified atom stereocenters. The summed E-state index contributed by atoms with van der Waals surface area (Å²) in [5, 5.41) is 10.7. The zero-order valence-corrected chi connectivity index (χ0v) is 39.9. The van der Waals surface area contributed by atoms with Gasteiger partial charge in [-0.25, -0.2) is 4.57 Å². The molecule has 3 fully saturated rings. The molecule has 0 aliphatic heterocycles. The number of aliphatic hydroxyl groups excluding tert-OH is 1. The molecular formula is C49H91NO7P+. The van der Waals surface area contributed by atoms with E-state index in [0.717, 1.165) is 62.2 Å². The molecule has 0 amide bonds. The van der Waals surface area contributed by atoms with Crippen LogP contribution in [0.3, 0.4) is 0 Å². The molecule has 0 bridgehead atoms. The van der Waals surface area contributed by atoms with Crippen LogP contribution in [0.5, 0.6) is 0 Å². The highest BCUT2D eigenvalue weighted by molar-refractivity contribution is 7.47. The molecule has 9 heteroatoms. The lowest BCUT2D eigenvalue weighted by Crippen LogP contribution is -2.51. The van der Waals surface area contributed by atoms with Crippen LogP contribution >= 0.6 is 7.82 Å². The predicted octanol–water partition coefficient (Wildman–Crippen LogP) is 12.5. The van der Waals surface area contributed by atoms with Crippen molar-refractivity contribution in [2.45, 2.75) is 201 Å². The molecule has 58 heavy (non-hydrogen) atoms. The number of aliphatic hydroxyl groups is 1. The van der Waals surface area contributed by atoms with Crippen LogP contribution in [0.1, 0.15) is 189 Å². The minimum Gasteiger partial charge on any atom is -0.457 e. The summed E-state index contributed by atoms with van der Waals surface area (Å²) >= 11 is 0. The fraction of sp³-hybridized carbons (Fsp3) is 0.939. The number of hydrogen-bond donors (Lipinski definition) is 2. The smallest absolute Gasteiger partial charge is 0.457 e. The fourth-order valence-electron chi connectivity index (χ4n) is 12.4. The number of unbranched alkanes of at least 4 members (excludes halogenated alkanes) is 10. The summed E-state index contributed by atoms with van der Waals surface area (Å²) in [5.74, 6) is 3.95. The van der Waals surface area contributed by atoms with E-state index in [-0.39, 0.29) is 30.3 Å². The van der Waals surface area contributed by atoms with E-state index in [9.17, 15) is 19.4 Å². The van der Waals surface area contributed by atoms with Crippen molar-refractivity contribution in [3.63, 3.8) is 0 Å². The van der Waals surface area contributed by atoms with Gasteiger partial charge in [-0.15, -0.1) is 0 Å². The minimum absolute atomic E-state index is 0.0566. The SMILES string of the molecule is CCCCCCCCCCCCCC(=O)OC(CO)C(OP(=O)(O)OCC[N+](C)(C)C)C1CC[C@@]2(C)C(=CCC3C2CC[C@@]2(C)C3CC[C@@H]2[C@H](C)CCCC(C)C)C1. The summed E-state index contributed by atoms with van der Waals surface area (Å²) in [5.41, 5.74) is 1.94. The fourth-order valence-corrected chi connectivity index (χ4v) is 13.4. The van der Waals surface area contributed by atoms with Gasteiger partial charge in [-0.2, -0.15) is 0 Å². The lowest BCUT2D eigenvalue weighted by molar-refractivity contribution is -0.870. The minimum atomic E-state index is -4.52. The summed E-state index contributed by atoms with van der Waals surface area (Å²) in [6, 6.07) is 0. The van der Waals surface area contributed by atoms with Crippen molar-refractivity contribution in [3.8, 4) is 0 Å². The number of nitrogens with zero attached hydrogens (tertiary/aromatic N) is 1. The van der Waals surface area contributed by atoms with Crippen LogP contribution in [-0.4, -0.2) is 73.6 Å². The highest BCUT2D eigenvalue weighted by atomic mass is 31.2. The maximum Gasteiger partial charge on any atom is 0.472 e. The first-order valence-corrected chi connectivity index (χ1v) is 25.9. The van der Waals surface area contributed by atoms with Crippen LogP contribution < -0.4 is 0 Å². The molecular weight excluding hydrogens is 746 g/mol. The van der Waals surface area contributed by atoms with Gasteiger partial charge < -0.3 is 19.2 Å². The highest BCUT2D eigenvalue weighted by Crippen LogP contribution is 2.68. The average molecular weight is 837 g/mol. The van der Waals surface area contributed by atoms with Gasteiger partial charge in [0.1, 0.15) is 19.3 Å². The number of allylic oxidation sites excluding steroid dienone is 2. The topological polar surface area (TPSA) is 102 Å². The van der Waals surface area contributed by atoms with E-state index in [4.69, 9.17) is 13.8 Å². The molecule has 338 valence electrons. The van der Waals surface area contributed by atoms with Gasteiger partial charge in [-0.05, 0) is 110 Å². The van der Waals surface area contributed by atoms with Crippen molar-refractivity contribution in [2.75, 3.05) is 40.9 Å². The van der Waals surface area contributed by atoms with E-state index in [1.165, 1.54) is 102 Å². The monoisotopic (exact) mass is 837 g/mol. The van der Waals surface area contributed by atoms with Crippen LogP contribution in [0.4, 0.5) is 0 Å². The molecule has 4 aliphatic carbocycles. The van der Waals surface area contributed by atoms with Crippen molar-refractivity contribution in [2.24, 2.45) is 52.3 Å². The summed E-state index contributed by atoms with van der Waals surface area (Å²) in [7, 11) is 1.49. The second-order valence-corrected chi connectivity index (χ2v) is 23.1. The third-order valence-electron chi connectivity index (χ3n) is 15.9. The highest BCUT2D eigenvalue weighted by Gasteiger charge is 2.59. The van der Waals surface area contributed by atoms with Crippen molar-refractivity contribution >= 4 is 13.8 Å². The Hall–Kier alpha value is -0.760. The van der Waals surface area contributed by atoms with E-state index in [1.807, 2.05) is 21.1 Å². The third-order valence-corrected chi connectivity index (χ3v) is 16.9. The molecule has 11 atom stereocenters. The van der Waals surface area contributed by atoms with Gasteiger partial charge in [0.05, 0.1) is 27.7 Å². The molecule has 0 spiro atoms. The number of phosphoric acid groups is 1. The summed E-state index contributed by atoms with van der Waals surface area (Å²) in [4.78, 5) is 24.3. The Morgan fingerprint density at radius 3 is 2.16 bits per heavy atom. The van der Waals surface area contributed by atoms with Gasteiger partial charge >= 0.3 is 13.8 Å². The molecule has 0 heterocycles. The molecule has 0 radical (unpaired) electrons. The second kappa shape index (κ2) is 23.1. The van der Waals surface area contributed by atoms with E-state index in [0.29, 0.717) is 34.7 Å². The molecule has 0 aromatic rings. The van der Waals surface area contributed by atoms with Crippen molar-refractivity contribution in [3.05, 3.63) is 11.6 Å². The first-order chi connectivity index (χ1) is 27.4. The van der Waals surface area contributed by atoms with Crippen LogP contribution in [0.25, 0.3) is 0 Å². The third kappa shape index (κ3) is 14.1. The largest absolute Gasteiger partial charge is 0.472 e. The first kappa shape index (κ1) is 49.9. The number of carbonyl (C=O) groups excluding carboxylic acids is 1. The molecule has 0 aromatic carbocycles. The molecule has 4 rings (SSSR count). The van der Waals surface area contributed by atoms with Crippen molar-refractivity contribution < 1.29 is 37.6 Å². The maximum atomic E-state index is 13.5. The van der Waals surface area contributed by atoms with E-state index in [1.54, 1.807) is 0 Å². The van der Waals surface area contributed by atoms with E-state index in [2.05, 4.69) is 47.6 Å². The van der Waals surface area contributed by atoms with Crippen LogP contribution in [-0.2, 0) is 23.1 Å². The van der Waals surface area contributed by atoms with Crippen LogP contribution in [0, 0.1) is 52.3 Å². The average Bonchev–Trinajstić information content (AvgIpc) is 3.51. The Morgan fingerprint density at radius 2 is 1.53 bits per heavy atom. The van der Waals surface area contributed by atoms with E-state index < -0.39 is 26.6 Å². The molecule has 0 saturated heterocycles. The van der Waals surface area contributed by atoms with Gasteiger partial charge in [0.15, 0.2) is 6.10 Å². The van der Waals surface area contributed by atoms with Gasteiger partial charge in [0.25, 0.3) is 0 Å². The van der Waals surface area contributed by atoms with Crippen molar-refractivity contribution in [1.29, 1.82) is 0 Å². The number of fused-ring (bicyclic) bond motifs is 5. The van der Waals surface area contributed by atoms with E-state index >= 15 is 0 Å². The zero-order valence-electron chi connectivity index (χ0n) is 39.0. The molecule has 2 N–H and O–H groups in total. The van der Waals surface area contributed by atoms with Gasteiger partial charge in [-0.1, -0.05) is 137 Å². The van der Waals surface area contributed by atoms with Crippen LogP contribution in [0.15, 0.2) is 11.6 Å². The summed E-state index contributed by atoms with van der Waals surface area (Å²) in [6.45, 7) is 14.7. The lowest BCUT2D eigenvalue weighted by Gasteiger charge is -2.59. The Bertz CT molecular complexity index is 1310. The number of carbonyl (C=O) groups is 1. The first-order valence-electron chi connectivity index (χ1n) is 24.4. The van der Waals surface area contributed by atoms with Gasteiger partial charge in [0, 0.05) is 6.42 Å². The number of likely N-dealkylation sites (N-methyl/N-ethyl adjacent to an activating group) is 1. The van der Waals surface area contributed by atoms with Crippen LogP contribution in [0.2, 0.25) is 0 Å². The van der Waals surface area contributed by atoms with Gasteiger partial charge in [0.2, 0.25) is 0 Å². The Balaban J connectivity index is 1.40. The quantitative estimate of drug-likeness (QED) is 0.0279. The zero-order chi connectivity index (χ0) is 42.6. The van der Waals surface area contributed by atoms with Crippen molar-refractivity contribution in [1.82, 2.24) is 0 Å². The molecule has 0 aromatic heterocycles. The summed E-state index contributed by atoms with van der Waals surface area (Å²) in [6.07, 6.45) is 26.9. The number of ether oxygens (including phenoxy) is 1. The molecule has 8 nitrogen and oxygen atoms in total.